The third kappa shape index (κ3) is 3.80. The Morgan fingerprint density at radius 2 is 1.78 bits per heavy atom. The van der Waals surface area contributed by atoms with E-state index in [9.17, 15) is 14.4 Å². The Balaban J connectivity index is 0.00000245. The standard InChI is InChI=1S/C23H27N5O3.HI/c1-24-23(26-13-18(29)27-10-8-14-4-2-3-5-17(14)27)25-9-11-28-21(30)19-15-6-7-16(12-15)20(19)22(28)31;/h2-7,15-16,19-20H,8-13H2,1H3,(H2,24,25,26);1H. The first kappa shape index (κ1) is 22.8. The molecule has 0 aromatic heterocycles. The lowest BCUT2D eigenvalue weighted by molar-refractivity contribution is -0.140. The zero-order valence-corrected chi connectivity index (χ0v) is 20.3. The van der Waals surface area contributed by atoms with Crippen LogP contribution in [0.4, 0.5) is 5.69 Å². The van der Waals surface area contributed by atoms with E-state index >= 15 is 0 Å². The highest BCUT2D eigenvalue weighted by molar-refractivity contribution is 14.0. The molecule has 2 N–H and O–H groups in total. The van der Waals surface area contributed by atoms with Gasteiger partial charge in [-0.2, -0.15) is 0 Å². The molecule has 8 nitrogen and oxygen atoms in total. The van der Waals surface area contributed by atoms with Gasteiger partial charge >= 0.3 is 0 Å². The number of para-hydroxylation sites is 1. The molecule has 2 heterocycles. The van der Waals surface area contributed by atoms with Crippen molar-refractivity contribution in [2.45, 2.75) is 12.8 Å². The van der Waals surface area contributed by atoms with Crippen molar-refractivity contribution in [1.82, 2.24) is 15.5 Å². The zero-order valence-electron chi connectivity index (χ0n) is 18.0. The molecule has 1 aromatic carbocycles. The molecule has 0 spiro atoms. The molecule has 2 aliphatic heterocycles. The van der Waals surface area contributed by atoms with Gasteiger partial charge in [0.15, 0.2) is 5.96 Å². The molecule has 4 aliphatic rings. The SMILES string of the molecule is CN=C(NCCN1C(=O)C2C3C=CC(C3)C2C1=O)NCC(=O)N1CCc2ccccc21.I. The van der Waals surface area contributed by atoms with Crippen LogP contribution in [0, 0.1) is 23.7 Å². The van der Waals surface area contributed by atoms with Gasteiger partial charge in [0.25, 0.3) is 0 Å². The van der Waals surface area contributed by atoms with Crippen molar-refractivity contribution in [2.75, 3.05) is 38.1 Å². The highest BCUT2D eigenvalue weighted by atomic mass is 127. The molecule has 9 heteroatoms. The molecule has 4 atom stereocenters. The van der Waals surface area contributed by atoms with Gasteiger partial charge in [0.1, 0.15) is 0 Å². The van der Waals surface area contributed by atoms with Crippen molar-refractivity contribution in [3.63, 3.8) is 0 Å². The summed E-state index contributed by atoms with van der Waals surface area (Å²) in [6.07, 6.45) is 6.00. The Kier molecular flexibility index (Phi) is 6.55. The van der Waals surface area contributed by atoms with E-state index in [1.165, 1.54) is 10.5 Å². The number of nitrogens with zero attached hydrogens (tertiary/aromatic N) is 3. The zero-order chi connectivity index (χ0) is 21.5. The lowest BCUT2D eigenvalue weighted by atomic mass is 9.85. The maximum absolute atomic E-state index is 12.7. The van der Waals surface area contributed by atoms with Gasteiger partial charge in [-0.05, 0) is 36.3 Å². The Bertz CT molecular complexity index is 964. The van der Waals surface area contributed by atoms with Crippen LogP contribution in [0.25, 0.3) is 0 Å². The number of imide groups is 1. The lowest BCUT2D eigenvalue weighted by Crippen LogP contribution is -2.47. The molecular formula is C23H28IN5O3. The smallest absolute Gasteiger partial charge is 0.246 e. The predicted octanol–water partition coefficient (Wildman–Crippen LogP) is 1.17. The fraction of sp³-hybridized carbons (Fsp3) is 0.478. The molecule has 1 saturated carbocycles. The highest BCUT2D eigenvalue weighted by Crippen LogP contribution is 2.52. The third-order valence-corrected chi connectivity index (χ3v) is 7.01. The second-order valence-corrected chi connectivity index (χ2v) is 8.60. The maximum atomic E-state index is 12.7. The maximum Gasteiger partial charge on any atom is 0.246 e. The molecule has 1 aromatic rings. The number of halogens is 1. The summed E-state index contributed by atoms with van der Waals surface area (Å²) >= 11 is 0. The van der Waals surface area contributed by atoms with Crippen molar-refractivity contribution >= 4 is 53.3 Å². The van der Waals surface area contributed by atoms with Gasteiger partial charge in [0.05, 0.1) is 18.4 Å². The highest BCUT2D eigenvalue weighted by Gasteiger charge is 2.58. The first-order valence-electron chi connectivity index (χ1n) is 10.9. The van der Waals surface area contributed by atoms with E-state index < -0.39 is 0 Å². The largest absolute Gasteiger partial charge is 0.355 e. The number of amides is 3. The summed E-state index contributed by atoms with van der Waals surface area (Å²) in [6, 6.07) is 7.94. The van der Waals surface area contributed by atoms with E-state index in [4.69, 9.17) is 0 Å². The molecule has 32 heavy (non-hydrogen) atoms. The predicted molar refractivity (Wildman–Crippen MR) is 132 cm³/mol. The number of likely N-dealkylation sites (tertiary alicyclic amines) is 1. The fourth-order valence-electron chi connectivity index (χ4n) is 5.54. The summed E-state index contributed by atoms with van der Waals surface area (Å²) in [5.41, 5.74) is 2.16. The van der Waals surface area contributed by atoms with E-state index in [1.807, 2.05) is 24.3 Å². The Hall–Kier alpha value is -2.43. The van der Waals surface area contributed by atoms with E-state index in [0.29, 0.717) is 25.6 Å². The first-order valence-corrected chi connectivity index (χ1v) is 10.9. The molecule has 3 amide bonds. The molecule has 4 unspecified atom stereocenters. The Morgan fingerprint density at radius 1 is 1.09 bits per heavy atom. The Morgan fingerprint density at radius 3 is 2.47 bits per heavy atom. The van der Waals surface area contributed by atoms with E-state index in [-0.39, 0.29) is 71.9 Å². The fourth-order valence-corrected chi connectivity index (χ4v) is 5.54. The molecule has 5 rings (SSSR count). The van der Waals surface area contributed by atoms with Crippen LogP contribution < -0.4 is 15.5 Å². The summed E-state index contributed by atoms with van der Waals surface area (Å²) in [5, 5.41) is 6.15. The molecule has 2 aliphatic carbocycles. The quantitative estimate of drug-likeness (QED) is 0.189. The van der Waals surface area contributed by atoms with Crippen LogP contribution in [0.2, 0.25) is 0 Å². The van der Waals surface area contributed by atoms with E-state index in [0.717, 1.165) is 18.5 Å². The van der Waals surface area contributed by atoms with E-state index in [1.54, 1.807) is 11.9 Å². The topological polar surface area (TPSA) is 94.1 Å². The van der Waals surface area contributed by atoms with Crippen molar-refractivity contribution in [1.29, 1.82) is 0 Å². The van der Waals surface area contributed by atoms with Crippen molar-refractivity contribution < 1.29 is 14.4 Å². The van der Waals surface area contributed by atoms with Gasteiger partial charge in [-0.25, -0.2) is 0 Å². The lowest BCUT2D eigenvalue weighted by Gasteiger charge is -2.20. The average molecular weight is 549 g/mol. The normalized spacial score (nSPS) is 27.5. The number of carbonyl (C=O) groups is 3. The number of benzene rings is 1. The van der Waals surface area contributed by atoms with Gasteiger partial charge in [-0.15, -0.1) is 24.0 Å². The summed E-state index contributed by atoms with van der Waals surface area (Å²) in [7, 11) is 1.63. The molecule has 2 bridgehead atoms. The molecule has 170 valence electrons. The molecule has 2 fully saturated rings. The second-order valence-electron chi connectivity index (χ2n) is 8.60. The summed E-state index contributed by atoms with van der Waals surface area (Å²) < 4.78 is 0. The van der Waals surface area contributed by atoms with Gasteiger partial charge < -0.3 is 15.5 Å². The number of allylic oxidation sites excluding steroid dienone is 2. The van der Waals surface area contributed by atoms with Gasteiger partial charge in [-0.1, -0.05) is 30.4 Å². The van der Waals surface area contributed by atoms with Gasteiger partial charge in [0, 0.05) is 32.4 Å². The number of nitrogens with one attached hydrogen (secondary N) is 2. The van der Waals surface area contributed by atoms with Crippen LogP contribution in [-0.2, 0) is 20.8 Å². The van der Waals surface area contributed by atoms with E-state index in [2.05, 4.69) is 27.8 Å². The van der Waals surface area contributed by atoms with Crippen molar-refractivity contribution in [3.05, 3.63) is 42.0 Å². The number of anilines is 1. The summed E-state index contributed by atoms with van der Waals surface area (Å²) in [5.74, 6) is 0.484. The number of hydrogen-bond donors (Lipinski definition) is 2. The second kappa shape index (κ2) is 9.21. The van der Waals surface area contributed by atoms with Crippen LogP contribution in [0.15, 0.2) is 41.4 Å². The summed E-state index contributed by atoms with van der Waals surface area (Å²) in [6.45, 7) is 1.50. The van der Waals surface area contributed by atoms with Gasteiger partial charge in [-0.3, -0.25) is 24.3 Å². The van der Waals surface area contributed by atoms with Gasteiger partial charge in [0.2, 0.25) is 17.7 Å². The van der Waals surface area contributed by atoms with Crippen LogP contribution in [-0.4, -0.2) is 61.8 Å². The summed E-state index contributed by atoms with van der Waals surface area (Å²) in [4.78, 5) is 45.5. The van der Waals surface area contributed by atoms with Crippen molar-refractivity contribution in [3.8, 4) is 0 Å². The minimum absolute atomic E-state index is 0. The van der Waals surface area contributed by atoms with Crippen LogP contribution in [0.5, 0.6) is 0 Å². The van der Waals surface area contributed by atoms with Crippen LogP contribution in [0.3, 0.4) is 0 Å². The number of hydrogen-bond acceptors (Lipinski definition) is 4. The third-order valence-electron chi connectivity index (χ3n) is 7.01. The number of carbonyl (C=O) groups excluding carboxylic acids is 3. The Labute approximate surface area is 204 Å². The van der Waals surface area contributed by atoms with Crippen LogP contribution in [0.1, 0.15) is 12.0 Å². The number of guanidine groups is 1. The minimum atomic E-state index is -0.166. The number of fused-ring (bicyclic) bond motifs is 6. The minimum Gasteiger partial charge on any atom is -0.355 e. The average Bonchev–Trinajstić information content (AvgIpc) is 3.55. The number of rotatable bonds is 5. The van der Waals surface area contributed by atoms with Crippen LogP contribution >= 0.6 is 24.0 Å². The molecule has 1 saturated heterocycles. The monoisotopic (exact) mass is 549 g/mol. The first-order chi connectivity index (χ1) is 15.1. The number of aliphatic imine (C=N–C) groups is 1. The van der Waals surface area contributed by atoms with Crippen molar-refractivity contribution in [2.24, 2.45) is 28.7 Å². The molecule has 0 radical (unpaired) electrons. The molecular weight excluding hydrogens is 521 g/mol.